The zero-order chi connectivity index (χ0) is 14.1. The van der Waals surface area contributed by atoms with Gasteiger partial charge in [-0.05, 0) is 59.4 Å². The van der Waals surface area contributed by atoms with Crippen LogP contribution in [0.25, 0.3) is 0 Å². The number of ether oxygens (including phenoxy) is 1. The Kier molecular flexibility index (Phi) is 8.26. The number of likely N-dealkylation sites (N-methyl/N-ethyl adjacent to an activating group) is 1. The molecule has 0 spiro atoms. The number of rotatable bonds is 9. The Labute approximate surface area is 123 Å². The van der Waals surface area contributed by atoms with Crippen molar-refractivity contribution in [1.29, 1.82) is 0 Å². The fourth-order valence-corrected chi connectivity index (χ4v) is 2.41. The SMILES string of the molecule is CCCOCCC(Cc1ccc(F)c(Br)c1)NCC. The summed E-state index contributed by atoms with van der Waals surface area (Å²) in [6.45, 7) is 6.73. The number of benzene rings is 1. The maximum atomic E-state index is 13.2. The lowest BCUT2D eigenvalue weighted by Crippen LogP contribution is -2.32. The van der Waals surface area contributed by atoms with E-state index >= 15 is 0 Å². The van der Waals surface area contributed by atoms with Crippen molar-refractivity contribution in [2.45, 2.75) is 39.2 Å². The predicted molar refractivity (Wildman–Crippen MR) is 81.0 cm³/mol. The van der Waals surface area contributed by atoms with E-state index in [4.69, 9.17) is 4.74 Å². The lowest BCUT2D eigenvalue weighted by atomic mass is 10.0. The van der Waals surface area contributed by atoms with Crippen molar-refractivity contribution in [2.24, 2.45) is 0 Å². The number of hydrogen-bond donors (Lipinski definition) is 1. The molecule has 0 saturated carbocycles. The zero-order valence-corrected chi connectivity index (χ0v) is 13.3. The van der Waals surface area contributed by atoms with Crippen LogP contribution in [-0.2, 0) is 11.2 Å². The second kappa shape index (κ2) is 9.45. The van der Waals surface area contributed by atoms with Crippen LogP contribution in [0.2, 0.25) is 0 Å². The van der Waals surface area contributed by atoms with Crippen LogP contribution in [0.3, 0.4) is 0 Å². The summed E-state index contributed by atoms with van der Waals surface area (Å²) >= 11 is 3.23. The normalized spacial score (nSPS) is 12.6. The molecular weight excluding hydrogens is 309 g/mol. The fraction of sp³-hybridized carbons (Fsp3) is 0.600. The Morgan fingerprint density at radius 3 is 2.74 bits per heavy atom. The Bertz CT molecular complexity index is 373. The van der Waals surface area contributed by atoms with Gasteiger partial charge in [0.25, 0.3) is 0 Å². The van der Waals surface area contributed by atoms with Crippen LogP contribution in [0.15, 0.2) is 22.7 Å². The molecule has 1 aromatic carbocycles. The van der Waals surface area contributed by atoms with Gasteiger partial charge < -0.3 is 10.1 Å². The molecule has 0 radical (unpaired) electrons. The molecule has 0 aliphatic heterocycles. The predicted octanol–water partition coefficient (Wildman–Crippen LogP) is 3.93. The standard InChI is InChI=1S/C15H23BrFNO/c1-3-8-19-9-7-13(18-4-2)10-12-5-6-15(17)14(16)11-12/h5-6,11,13,18H,3-4,7-10H2,1-2H3. The molecule has 19 heavy (non-hydrogen) atoms. The second-order valence-corrected chi connectivity index (χ2v) is 5.46. The average Bonchev–Trinajstić information content (AvgIpc) is 2.39. The van der Waals surface area contributed by atoms with Crippen molar-refractivity contribution >= 4 is 15.9 Å². The van der Waals surface area contributed by atoms with Crippen LogP contribution >= 0.6 is 15.9 Å². The molecule has 0 aromatic heterocycles. The Morgan fingerprint density at radius 2 is 2.11 bits per heavy atom. The number of hydrogen-bond acceptors (Lipinski definition) is 2. The molecule has 108 valence electrons. The molecule has 1 N–H and O–H groups in total. The van der Waals surface area contributed by atoms with Gasteiger partial charge in [0.1, 0.15) is 5.82 Å². The van der Waals surface area contributed by atoms with Gasteiger partial charge in [0.15, 0.2) is 0 Å². The molecule has 2 nitrogen and oxygen atoms in total. The number of halogens is 2. The topological polar surface area (TPSA) is 21.3 Å². The van der Waals surface area contributed by atoms with E-state index < -0.39 is 0 Å². The van der Waals surface area contributed by atoms with Gasteiger partial charge in [-0.1, -0.05) is 19.9 Å². The first kappa shape index (κ1) is 16.6. The summed E-state index contributed by atoms with van der Waals surface area (Å²) in [5.41, 5.74) is 1.13. The first-order valence-electron chi connectivity index (χ1n) is 6.92. The van der Waals surface area contributed by atoms with E-state index in [2.05, 4.69) is 35.1 Å². The largest absolute Gasteiger partial charge is 0.381 e. The summed E-state index contributed by atoms with van der Waals surface area (Å²) in [4.78, 5) is 0. The van der Waals surface area contributed by atoms with Crippen molar-refractivity contribution in [3.63, 3.8) is 0 Å². The summed E-state index contributed by atoms with van der Waals surface area (Å²) in [5, 5.41) is 3.45. The average molecular weight is 332 g/mol. The molecule has 0 fully saturated rings. The van der Waals surface area contributed by atoms with Gasteiger partial charge in [0.2, 0.25) is 0 Å². The maximum absolute atomic E-state index is 13.2. The van der Waals surface area contributed by atoms with E-state index in [9.17, 15) is 4.39 Å². The van der Waals surface area contributed by atoms with Crippen LogP contribution in [0.4, 0.5) is 4.39 Å². The van der Waals surface area contributed by atoms with Gasteiger partial charge in [-0.15, -0.1) is 0 Å². The quantitative estimate of drug-likeness (QED) is 0.692. The smallest absolute Gasteiger partial charge is 0.137 e. The molecule has 0 bridgehead atoms. The summed E-state index contributed by atoms with van der Waals surface area (Å²) < 4.78 is 19.3. The minimum Gasteiger partial charge on any atom is -0.381 e. The lowest BCUT2D eigenvalue weighted by molar-refractivity contribution is 0.124. The third-order valence-electron chi connectivity index (χ3n) is 2.92. The van der Waals surface area contributed by atoms with Crippen LogP contribution < -0.4 is 5.32 Å². The van der Waals surface area contributed by atoms with Crippen LogP contribution in [0.1, 0.15) is 32.3 Å². The minimum atomic E-state index is -0.213. The van der Waals surface area contributed by atoms with Gasteiger partial charge in [-0.25, -0.2) is 4.39 Å². The van der Waals surface area contributed by atoms with Crippen molar-refractivity contribution in [3.8, 4) is 0 Å². The highest BCUT2D eigenvalue weighted by Crippen LogP contribution is 2.18. The van der Waals surface area contributed by atoms with Gasteiger partial charge in [0, 0.05) is 19.3 Å². The van der Waals surface area contributed by atoms with Gasteiger partial charge in [-0.2, -0.15) is 0 Å². The molecule has 1 aromatic rings. The Hall–Kier alpha value is -0.450. The van der Waals surface area contributed by atoms with Gasteiger partial charge >= 0.3 is 0 Å². The molecule has 1 rings (SSSR count). The molecule has 0 aliphatic carbocycles. The lowest BCUT2D eigenvalue weighted by Gasteiger charge is -2.18. The maximum Gasteiger partial charge on any atom is 0.137 e. The monoisotopic (exact) mass is 331 g/mol. The molecule has 0 heterocycles. The summed E-state index contributed by atoms with van der Waals surface area (Å²) in [5.74, 6) is -0.213. The van der Waals surface area contributed by atoms with Crippen molar-refractivity contribution in [3.05, 3.63) is 34.1 Å². The molecular formula is C15H23BrFNO. The van der Waals surface area contributed by atoms with Gasteiger partial charge in [-0.3, -0.25) is 0 Å². The van der Waals surface area contributed by atoms with Crippen LogP contribution in [-0.4, -0.2) is 25.8 Å². The Balaban J connectivity index is 2.49. The van der Waals surface area contributed by atoms with E-state index in [-0.39, 0.29) is 5.82 Å². The third-order valence-corrected chi connectivity index (χ3v) is 3.53. The summed E-state index contributed by atoms with van der Waals surface area (Å²) in [7, 11) is 0. The first-order valence-corrected chi connectivity index (χ1v) is 7.71. The molecule has 1 unspecified atom stereocenters. The summed E-state index contributed by atoms with van der Waals surface area (Å²) in [6.07, 6.45) is 2.92. The second-order valence-electron chi connectivity index (χ2n) is 4.61. The highest BCUT2D eigenvalue weighted by molar-refractivity contribution is 9.10. The first-order chi connectivity index (χ1) is 9.17. The van der Waals surface area contributed by atoms with E-state index in [1.165, 1.54) is 6.07 Å². The van der Waals surface area contributed by atoms with Crippen molar-refractivity contribution < 1.29 is 9.13 Å². The molecule has 0 saturated heterocycles. The molecule has 1 atom stereocenters. The van der Waals surface area contributed by atoms with Crippen LogP contribution in [0, 0.1) is 5.82 Å². The Morgan fingerprint density at radius 1 is 1.32 bits per heavy atom. The van der Waals surface area contributed by atoms with Crippen molar-refractivity contribution in [1.82, 2.24) is 5.32 Å². The van der Waals surface area contributed by atoms with E-state index in [0.29, 0.717) is 10.5 Å². The zero-order valence-electron chi connectivity index (χ0n) is 11.7. The molecule has 0 aliphatic rings. The minimum absolute atomic E-state index is 0.213. The summed E-state index contributed by atoms with van der Waals surface area (Å²) in [6, 6.07) is 5.58. The number of nitrogens with one attached hydrogen (secondary N) is 1. The van der Waals surface area contributed by atoms with E-state index in [1.54, 1.807) is 0 Å². The van der Waals surface area contributed by atoms with Crippen molar-refractivity contribution in [2.75, 3.05) is 19.8 Å². The van der Waals surface area contributed by atoms with Crippen LogP contribution in [0.5, 0.6) is 0 Å². The molecule has 0 amide bonds. The fourth-order valence-electron chi connectivity index (χ4n) is 1.99. The van der Waals surface area contributed by atoms with E-state index in [1.807, 2.05) is 12.1 Å². The van der Waals surface area contributed by atoms with Gasteiger partial charge in [0.05, 0.1) is 4.47 Å². The third kappa shape index (κ3) is 6.50. The highest BCUT2D eigenvalue weighted by atomic mass is 79.9. The highest BCUT2D eigenvalue weighted by Gasteiger charge is 2.09. The molecule has 4 heteroatoms. The van der Waals surface area contributed by atoms with E-state index in [0.717, 1.165) is 44.6 Å².